The molecule has 2 amide bonds. The van der Waals surface area contributed by atoms with Gasteiger partial charge in [-0.1, -0.05) is 37.5 Å². The summed E-state index contributed by atoms with van der Waals surface area (Å²) in [7, 11) is 1.89. The lowest BCUT2D eigenvalue weighted by Gasteiger charge is -2.31. The SMILES string of the molecule is CN(C(=O)c1ccc(NC(=O)c2cc(-c3ccncc3)nc3ccccc23)cc1)C1CCCCC1. The molecule has 1 saturated carbocycles. The molecular formula is C29H28N4O2. The molecule has 0 atom stereocenters. The molecule has 1 aliphatic rings. The lowest BCUT2D eigenvalue weighted by molar-refractivity contribution is 0.0696. The maximum Gasteiger partial charge on any atom is 0.256 e. The van der Waals surface area contributed by atoms with Crippen molar-refractivity contribution in [3.63, 3.8) is 0 Å². The van der Waals surface area contributed by atoms with Gasteiger partial charge in [-0.05, 0) is 61.4 Å². The second-order valence-corrected chi connectivity index (χ2v) is 9.05. The summed E-state index contributed by atoms with van der Waals surface area (Å²) in [6, 6.07) is 20.6. The van der Waals surface area contributed by atoms with Gasteiger partial charge in [0.1, 0.15) is 0 Å². The van der Waals surface area contributed by atoms with Crippen LogP contribution in [0.5, 0.6) is 0 Å². The van der Waals surface area contributed by atoms with E-state index in [0.717, 1.165) is 29.3 Å². The van der Waals surface area contributed by atoms with Crippen LogP contribution in [0.25, 0.3) is 22.2 Å². The molecule has 2 heterocycles. The molecule has 4 aromatic rings. The normalized spacial score (nSPS) is 14.0. The molecule has 1 fully saturated rings. The van der Waals surface area contributed by atoms with E-state index in [-0.39, 0.29) is 11.8 Å². The minimum absolute atomic E-state index is 0.0249. The van der Waals surface area contributed by atoms with Crippen LogP contribution >= 0.6 is 0 Å². The number of pyridine rings is 2. The number of nitrogens with one attached hydrogen (secondary N) is 1. The summed E-state index contributed by atoms with van der Waals surface area (Å²) in [6.45, 7) is 0. The molecule has 2 aromatic carbocycles. The van der Waals surface area contributed by atoms with Crippen LogP contribution in [0.3, 0.4) is 0 Å². The molecular weight excluding hydrogens is 436 g/mol. The van der Waals surface area contributed by atoms with Gasteiger partial charge in [-0.25, -0.2) is 4.98 Å². The number of anilines is 1. The van der Waals surface area contributed by atoms with Crippen LogP contribution < -0.4 is 5.32 Å². The number of aromatic nitrogens is 2. The van der Waals surface area contributed by atoms with Crippen LogP contribution in [0.15, 0.2) is 79.1 Å². The summed E-state index contributed by atoms with van der Waals surface area (Å²) in [6.07, 6.45) is 9.17. The minimum Gasteiger partial charge on any atom is -0.339 e. The van der Waals surface area contributed by atoms with Crippen LogP contribution in [-0.2, 0) is 0 Å². The van der Waals surface area contributed by atoms with E-state index in [2.05, 4.69) is 10.3 Å². The van der Waals surface area contributed by atoms with Crippen molar-refractivity contribution in [2.75, 3.05) is 12.4 Å². The van der Waals surface area contributed by atoms with Crippen molar-refractivity contribution in [2.24, 2.45) is 0 Å². The van der Waals surface area contributed by atoms with Gasteiger partial charge in [0, 0.05) is 47.7 Å². The highest BCUT2D eigenvalue weighted by molar-refractivity contribution is 6.13. The number of hydrogen-bond acceptors (Lipinski definition) is 4. The van der Waals surface area contributed by atoms with E-state index in [9.17, 15) is 9.59 Å². The summed E-state index contributed by atoms with van der Waals surface area (Å²) in [5, 5.41) is 3.77. The number of nitrogens with zero attached hydrogens (tertiary/aromatic N) is 3. The topological polar surface area (TPSA) is 75.2 Å². The van der Waals surface area contributed by atoms with Gasteiger partial charge < -0.3 is 10.2 Å². The Balaban J connectivity index is 1.37. The maximum atomic E-state index is 13.3. The molecule has 0 spiro atoms. The van der Waals surface area contributed by atoms with Gasteiger partial charge in [0.15, 0.2) is 0 Å². The number of carbonyl (C=O) groups excluding carboxylic acids is 2. The zero-order valence-electron chi connectivity index (χ0n) is 19.8. The summed E-state index contributed by atoms with van der Waals surface area (Å²) in [5.74, 6) is -0.200. The number of hydrogen-bond donors (Lipinski definition) is 1. The van der Waals surface area contributed by atoms with Crippen molar-refractivity contribution in [1.29, 1.82) is 0 Å². The number of benzene rings is 2. The molecule has 176 valence electrons. The Morgan fingerprint density at radius 3 is 2.37 bits per heavy atom. The van der Waals surface area contributed by atoms with Crippen LogP contribution in [0.1, 0.15) is 52.8 Å². The quantitative estimate of drug-likeness (QED) is 0.396. The largest absolute Gasteiger partial charge is 0.339 e. The average molecular weight is 465 g/mol. The first-order chi connectivity index (χ1) is 17.1. The number of carbonyl (C=O) groups is 2. The third-order valence-electron chi connectivity index (χ3n) is 6.77. The Morgan fingerprint density at radius 2 is 1.63 bits per heavy atom. The fourth-order valence-corrected chi connectivity index (χ4v) is 4.77. The maximum absolute atomic E-state index is 13.3. The minimum atomic E-state index is -0.225. The first kappa shape index (κ1) is 22.7. The Kier molecular flexibility index (Phi) is 6.53. The number of amides is 2. The van der Waals surface area contributed by atoms with E-state index in [4.69, 9.17) is 4.98 Å². The van der Waals surface area contributed by atoms with Gasteiger partial charge in [-0.3, -0.25) is 14.6 Å². The fourth-order valence-electron chi connectivity index (χ4n) is 4.77. The second kappa shape index (κ2) is 10.1. The number of rotatable bonds is 5. The van der Waals surface area contributed by atoms with Gasteiger partial charge in [-0.2, -0.15) is 0 Å². The molecule has 0 unspecified atom stereocenters. The third-order valence-corrected chi connectivity index (χ3v) is 6.77. The second-order valence-electron chi connectivity index (χ2n) is 9.05. The molecule has 1 aliphatic carbocycles. The molecule has 1 N–H and O–H groups in total. The predicted molar refractivity (Wildman–Crippen MR) is 138 cm³/mol. The van der Waals surface area contributed by atoms with Gasteiger partial charge in [0.05, 0.1) is 16.8 Å². The van der Waals surface area contributed by atoms with Gasteiger partial charge in [0.25, 0.3) is 11.8 Å². The van der Waals surface area contributed by atoms with Gasteiger partial charge >= 0.3 is 0 Å². The van der Waals surface area contributed by atoms with Crippen molar-refractivity contribution in [3.8, 4) is 11.3 Å². The standard InChI is InChI=1S/C29H28N4O2/c1-33(23-7-3-2-4-8-23)29(35)21-11-13-22(14-12-21)31-28(34)25-19-27(20-15-17-30-18-16-20)32-26-10-6-5-9-24(25)26/h5-6,9-19,23H,2-4,7-8H2,1H3,(H,31,34). The predicted octanol–water partition coefficient (Wildman–Crippen LogP) is 5.95. The molecule has 6 nitrogen and oxygen atoms in total. The highest BCUT2D eigenvalue weighted by Gasteiger charge is 2.23. The van der Waals surface area contributed by atoms with Gasteiger partial charge in [-0.15, -0.1) is 0 Å². The molecule has 0 bridgehead atoms. The highest BCUT2D eigenvalue weighted by Crippen LogP contribution is 2.26. The van der Waals surface area contributed by atoms with E-state index in [1.165, 1.54) is 19.3 Å². The molecule has 0 radical (unpaired) electrons. The number of para-hydroxylation sites is 1. The smallest absolute Gasteiger partial charge is 0.256 e. The van der Waals surface area contributed by atoms with E-state index in [1.54, 1.807) is 36.7 Å². The zero-order chi connectivity index (χ0) is 24.2. The van der Waals surface area contributed by atoms with Gasteiger partial charge in [0.2, 0.25) is 0 Å². The van der Waals surface area contributed by atoms with Crippen molar-refractivity contribution in [3.05, 3.63) is 90.3 Å². The summed E-state index contributed by atoms with van der Waals surface area (Å²) >= 11 is 0. The summed E-state index contributed by atoms with van der Waals surface area (Å²) < 4.78 is 0. The van der Waals surface area contributed by atoms with E-state index in [0.29, 0.717) is 28.6 Å². The average Bonchev–Trinajstić information content (AvgIpc) is 2.93. The zero-order valence-corrected chi connectivity index (χ0v) is 19.8. The monoisotopic (exact) mass is 464 g/mol. The number of fused-ring (bicyclic) bond motifs is 1. The molecule has 35 heavy (non-hydrogen) atoms. The molecule has 5 rings (SSSR count). The Labute approximate surface area is 205 Å². The van der Waals surface area contributed by atoms with E-state index >= 15 is 0 Å². The first-order valence-electron chi connectivity index (χ1n) is 12.1. The van der Waals surface area contributed by atoms with E-state index in [1.807, 2.05) is 54.4 Å². The molecule has 0 saturated heterocycles. The van der Waals surface area contributed by atoms with Crippen LogP contribution in [0.2, 0.25) is 0 Å². The highest BCUT2D eigenvalue weighted by atomic mass is 16.2. The van der Waals surface area contributed by atoms with Crippen molar-refractivity contribution in [1.82, 2.24) is 14.9 Å². The molecule has 0 aliphatic heterocycles. The Hall–Kier alpha value is -4.06. The van der Waals surface area contributed by atoms with Crippen LogP contribution in [0.4, 0.5) is 5.69 Å². The van der Waals surface area contributed by atoms with Crippen molar-refractivity contribution < 1.29 is 9.59 Å². The third kappa shape index (κ3) is 4.92. The Morgan fingerprint density at radius 1 is 0.914 bits per heavy atom. The summed E-state index contributed by atoms with van der Waals surface area (Å²) in [4.78, 5) is 36.9. The first-order valence-corrected chi connectivity index (χ1v) is 12.1. The Bertz CT molecular complexity index is 1350. The van der Waals surface area contributed by atoms with Crippen LogP contribution in [-0.4, -0.2) is 39.8 Å². The summed E-state index contributed by atoms with van der Waals surface area (Å²) in [5.41, 5.74) is 4.16. The van der Waals surface area contributed by atoms with Crippen LogP contribution in [0, 0.1) is 0 Å². The van der Waals surface area contributed by atoms with Crippen molar-refractivity contribution in [2.45, 2.75) is 38.1 Å². The fraction of sp³-hybridized carbons (Fsp3) is 0.241. The molecule has 2 aromatic heterocycles. The lowest BCUT2D eigenvalue weighted by Crippen LogP contribution is -2.38. The molecule has 6 heteroatoms. The van der Waals surface area contributed by atoms with Crippen molar-refractivity contribution >= 4 is 28.4 Å². The van der Waals surface area contributed by atoms with E-state index < -0.39 is 0 Å². The lowest BCUT2D eigenvalue weighted by atomic mass is 9.94.